The quantitative estimate of drug-likeness (QED) is 0.676. The molecule has 0 aliphatic carbocycles. The molecule has 0 radical (unpaired) electrons. The maximum absolute atomic E-state index is 12.8. The van der Waals surface area contributed by atoms with Gasteiger partial charge in [0, 0.05) is 28.9 Å². The monoisotopic (exact) mass is 409 g/mol. The number of hydrogen-bond donors (Lipinski definition) is 1. The number of aromatic nitrogens is 2. The zero-order chi connectivity index (χ0) is 20.1. The second-order valence-corrected chi connectivity index (χ2v) is 8.31. The van der Waals surface area contributed by atoms with E-state index in [-0.39, 0.29) is 5.91 Å². The van der Waals surface area contributed by atoms with E-state index >= 15 is 0 Å². The zero-order valence-electron chi connectivity index (χ0n) is 16.5. The van der Waals surface area contributed by atoms with Gasteiger partial charge in [-0.25, -0.2) is 4.98 Å². The van der Waals surface area contributed by atoms with Crippen LogP contribution < -0.4 is 9.64 Å². The molecule has 1 aromatic carbocycles. The number of hydrogen-bond acceptors (Lipinski definition) is 5. The van der Waals surface area contributed by atoms with Crippen molar-refractivity contribution in [3.63, 3.8) is 0 Å². The number of benzene rings is 1. The smallest absolute Gasteiger partial charge is 0.254 e. The van der Waals surface area contributed by atoms with Crippen LogP contribution in [0.25, 0.3) is 0 Å². The molecular formula is C22H25N4O2S+. The van der Waals surface area contributed by atoms with Gasteiger partial charge in [-0.1, -0.05) is 0 Å². The Bertz CT molecular complexity index is 935. The highest BCUT2D eigenvalue weighted by atomic mass is 32.1. The van der Waals surface area contributed by atoms with Crippen molar-refractivity contribution in [1.82, 2.24) is 14.9 Å². The number of ether oxygens (including phenoxy) is 1. The number of amides is 1. The predicted octanol–water partition coefficient (Wildman–Crippen LogP) is 1.97. The van der Waals surface area contributed by atoms with E-state index in [0.29, 0.717) is 12.2 Å². The Kier molecular flexibility index (Phi) is 6.17. The van der Waals surface area contributed by atoms with Gasteiger partial charge < -0.3 is 14.5 Å². The van der Waals surface area contributed by atoms with Crippen molar-refractivity contribution >= 4 is 17.2 Å². The summed E-state index contributed by atoms with van der Waals surface area (Å²) < 4.78 is 5.77. The van der Waals surface area contributed by atoms with Crippen LogP contribution in [0.2, 0.25) is 0 Å². The van der Waals surface area contributed by atoms with Gasteiger partial charge in [0.2, 0.25) is 0 Å². The van der Waals surface area contributed by atoms with E-state index in [1.165, 1.54) is 10.5 Å². The first-order chi connectivity index (χ1) is 14.2. The first kappa shape index (κ1) is 19.5. The summed E-state index contributed by atoms with van der Waals surface area (Å²) in [4.78, 5) is 24.7. The Labute approximate surface area is 174 Å². The number of nitrogens with one attached hydrogen (secondary N) is 1. The molecule has 3 aromatic rings. The van der Waals surface area contributed by atoms with Gasteiger partial charge in [-0.3, -0.25) is 9.78 Å². The van der Waals surface area contributed by atoms with Crippen molar-refractivity contribution in [2.45, 2.75) is 20.1 Å². The minimum absolute atomic E-state index is 0.0923. The van der Waals surface area contributed by atoms with Crippen LogP contribution in [-0.2, 0) is 13.2 Å². The lowest BCUT2D eigenvalue weighted by molar-refractivity contribution is -0.917. The second-order valence-electron chi connectivity index (χ2n) is 7.25. The van der Waals surface area contributed by atoms with Crippen LogP contribution in [0.5, 0.6) is 5.75 Å². The number of pyridine rings is 1. The average molecular weight is 410 g/mol. The fourth-order valence-electron chi connectivity index (χ4n) is 3.50. The van der Waals surface area contributed by atoms with Crippen molar-refractivity contribution < 1.29 is 14.4 Å². The van der Waals surface area contributed by atoms with Crippen LogP contribution in [0.1, 0.15) is 26.6 Å². The standard InChI is InChI=1S/C22H24N4O2S/c1-17-24-20(16-29-17)15-28-21-4-2-19(3-5-21)22(27)26-12-10-25(11-13-26)14-18-6-8-23-9-7-18/h2-9,16H,10-15H2,1H3/p+1. The Morgan fingerprint density at radius 2 is 1.86 bits per heavy atom. The van der Waals surface area contributed by atoms with E-state index in [0.717, 1.165) is 49.2 Å². The largest absolute Gasteiger partial charge is 0.487 e. The molecule has 1 aliphatic heterocycles. The number of carbonyl (C=O) groups excluding carboxylic acids is 1. The van der Waals surface area contributed by atoms with E-state index in [1.807, 2.05) is 53.9 Å². The third-order valence-electron chi connectivity index (χ3n) is 5.12. The molecule has 29 heavy (non-hydrogen) atoms. The van der Waals surface area contributed by atoms with E-state index in [4.69, 9.17) is 4.74 Å². The molecule has 0 atom stereocenters. The number of rotatable bonds is 6. The summed E-state index contributed by atoms with van der Waals surface area (Å²) >= 11 is 1.62. The number of aryl methyl sites for hydroxylation is 1. The summed E-state index contributed by atoms with van der Waals surface area (Å²) in [5.41, 5.74) is 2.93. The molecule has 3 heterocycles. The molecule has 2 aromatic heterocycles. The Morgan fingerprint density at radius 3 is 2.52 bits per heavy atom. The van der Waals surface area contributed by atoms with E-state index < -0.39 is 0 Å². The lowest BCUT2D eigenvalue weighted by Crippen LogP contribution is -3.13. The third kappa shape index (κ3) is 5.19. The van der Waals surface area contributed by atoms with Crippen molar-refractivity contribution in [3.05, 3.63) is 76.0 Å². The van der Waals surface area contributed by atoms with Crippen LogP contribution >= 0.6 is 11.3 Å². The lowest BCUT2D eigenvalue weighted by Gasteiger charge is -2.32. The van der Waals surface area contributed by atoms with Crippen LogP contribution in [0.3, 0.4) is 0 Å². The normalized spacial score (nSPS) is 14.7. The van der Waals surface area contributed by atoms with E-state index in [9.17, 15) is 4.79 Å². The summed E-state index contributed by atoms with van der Waals surface area (Å²) in [6.07, 6.45) is 3.67. The molecule has 1 aliphatic rings. The predicted molar refractivity (Wildman–Crippen MR) is 112 cm³/mol. The molecule has 0 bridgehead atoms. The Hall–Kier alpha value is -2.77. The Morgan fingerprint density at radius 1 is 1.14 bits per heavy atom. The summed E-state index contributed by atoms with van der Waals surface area (Å²) in [6, 6.07) is 11.5. The molecule has 4 rings (SSSR count). The average Bonchev–Trinajstić information content (AvgIpc) is 3.19. The number of nitrogens with zero attached hydrogens (tertiary/aromatic N) is 3. The summed E-state index contributed by atoms with van der Waals surface area (Å²) in [6.45, 7) is 6.88. The Balaban J connectivity index is 1.27. The van der Waals surface area contributed by atoms with Gasteiger partial charge in [-0.2, -0.15) is 0 Å². The highest BCUT2D eigenvalue weighted by Gasteiger charge is 2.24. The molecule has 0 spiro atoms. The number of quaternary nitrogens is 1. The van der Waals surface area contributed by atoms with Gasteiger partial charge in [-0.05, 0) is 43.3 Å². The molecule has 7 heteroatoms. The second kappa shape index (κ2) is 9.15. The zero-order valence-corrected chi connectivity index (χ0v) is 17.3. The van der Waals surface area contributed by atoms with E-state index in [1.54, 1.807) is 11.3 Å². The van der Waals surface area contributed by atoms with Gasteiger partial charge >= 0.3 is 0 Å². The first-order valence-electron chi connectivity index (χ1n) is 9.83. The molecule has 150 valence electrons. The third-order valence-corrected chi connectivity index (χ3v) is 5.94. The van der Waals surface area contributed by atoms with Gasteiger partial charge in [-0.15, -0.1) is 11.3 Å². The topological polar surface area (TPSA) is 59.8 Å². The molecule has 6 nitrogen and oxygen atoms in total. The molecule has 1 saturated heterocycles. The molecular weight excluding hydrogens is 384 g/mol. The van der Waals surface area contributed by atoms with Crippen LogP contribution in [-0.4, -0.2) is 47.0 Å². The molecule has 0 unspecified atom stereocenters. The lowest BCUT2D eigenvalue weighted by atomic mass is 10.1. The first-order valence-corrected chi connectivity index (χ1v) is 10.7. The minimum Gasteiger partial charge on any atom is -0.487 e. The fraction of sp³-hybridized carbons (Fsp3) is 0.318. The maximum atomic E-state index is 12.8. The van der Waals surface area contributed by atoms with Crippen LogP contribution in [0, 0.1) is 6.92 Å². The molecule has 0 saturated carbocycles. The van der Waals surface area contributed by atoms with Gasteiger partial charge in [0.15, 0.2) is 0 Å². The van der Waals surface area contributed by atoms with Crippen LogP contribution in [0.4, 0.5) is 0 Å². The maximum Gasteiger partial charge on any atom is 0.254 e. The van der Waals surface area contributed by atoms with E-state index in [2.05, 4.69) is 22.1 Å². The molecule has 1 amide bonds. The minimum atomic E-state index is 0.0923. The SMILES string of the molecule is Cc1nc(COc2ccc(C(=O)N3CC[NH+](Cc4ccncc4)CC3)cc2)cs1. The summed E-state index contributed by atoms with van der Waals surface area (Å²) in [5.74, 6) is 0.841. The summed E-state index contributed by atoms with van der Waals surface area (Å²) in [7, 11) is 0. The molecule has 1 fully saturated rings. The highest BCUT2D eigenvalue weighted by Crippen LogP contribution is 2.16. The van der Waals surface area contributed by atoms with Crippen LogP contribution in [0.15, 0.2) is 54.2 Å². The molecule has 1 N–H and O–H groups in total. The fourth-order valence-corrected chi connectivity index (χ4v) is 4.10. The van der Waals surface area contributed by atoms with Crippen molar-refractivity contribution in [2.75, 3.05) is 26.2 Å². The summed E-state index contributed by atoms with van der Waals surface area (Å²) in [5, 5.41) is 3.04. The van der Waals surface area contributed by atoms with Crippen molar-refractivity contribution in [3.8, 4) is 5.75 Å². The highest BCUT2D eigenvalue weighted by molar-refractivity contribution is 7.09. The number of piperazine rings is 1. The number of carbonyl (C=O) groups is 1. The number of thiazole rings is 1. The van der Waals surface area contributed by atoms with Crippen molar-refractivity contribution in [1.29, 1.82) is 0 Å². The van der Waals surface area contributed by atoms with Crippen molar-refractivity contribution in [2.24, 2.45) is 0 Å². The van der Waals surface area contributed by atoms with Gasteiger partial charge in [0.25, 0.3) is 5.91 Å². The van der Waals surface area contributed by atoms with Gasteiger partial charge in [0.1, 0.15) is 18.9 Å². The van der Waals surface area contributed by atoms with Gasteiger partial charge in [0.05, 0.1) is 36.9 Å².